The lowest BCUT2D eigenvalue weighted by Crippen LogP contribution is -2.33. The molecule has 2 amide bonds. The van der Waals surface area contributed by atoms with Gasteiger partial charge in [-0.25, -0.2) is 0 Å². The smallest absolute Gasteiger partial charge is 0.255 e. The van der Waals surface area contributed by atoms with Crippen LogP contribution in [0.25, 0.3) is 5.57 Å². The van der Waals surface area contributed by atoms with Crippen LogP contribution in [0.15, 0.2) is 49.0 Å². The van der Waals surface area contributed by atoms with E-state index in [2.05, 4.69) is 11.9 Å². The fourth-order valence-electron chi connectivity index (χ4n) is 2.97. The molecule has 0 aromatic heterocycles. The van der Waals surface area contributed by atoms with Crippen LogP contribution in [-0.2, 0) is 16.0 Å². The fraction of sp³-hybridized carbons (Fsp3) is 0.200. The number of halogens is 1. The molecule has 3 rings (SSSR count). The van der Waals surface area contributed by atoms with Crippen LogP contribution in [0.1, 0.15) is 24.5 Å². The van der Waals surface area contributed by atoms with Crippen molar-refractivity contribution in [3.05, 3.63) is 65.2 Å². The van der Waals surface area contributed by atoms with Crippen molar-refractivity contribution >= 4 is 40.4 Å². The van der Waals surface area contributed by atoms with E-state index >= 15 is 0 Å². The van der Waals surface area contributed by atoms with Crippen molar-refractivity contribution in [2.75, 3.05) is 16.8 Å². The van der Waals surface area contributed by atoms with Gasteiger partial charge in [-0.2, -0.15) is 0 Å². The molecule has 5 heteroatoms. The maximum Gasteiger partial charge on any atom is 0.255 e. The number of anilines is 2. The van der Waals surface area contributed by atoms with E-state index < -0.39 is 0 Å². The van der Waals surface area contributed by atoms with Gasteiger partial charge < -0.3 is 10.2 Å². The van der Waals surface area contributed by atoms with E-state index in [4.69, 9.17) is 11.6 Å². The summed E-state index contributed by atoms with van der Waals surface area (Å²) in [6, 6.07) is 12.6. The number of hydrogen-bond donors (Lipinski definition) is 1. The zero-order valence-corrected chi connectivity index (χ0v) is 14.8. The van der Waals surface area contributed by atoms with Gasteiger partial charge in [-0.3, -0.25) is 9.59 Å². The van der Waals surface area contributed by atoms with Crippen molar-refractivity contribution in [2.45, 2.75) is 19.8 Å². The zero-order valence-electron chi connectivity index (χ0n) is 14.0. The van der Waals surface area contributed by atoms with Gasteiger partial charge in [0.1, 0.15) is 0 Å². The van der Waals surface area contributed by atoms with Gasteiger partial charge in [0, 0.05) is 35.4 Å². The van der Waals surface area contributed by atoms with Crippen LogP contribution in [-0.4, -0.2) is 18.4 Å². The molecule has 0 fully saturated rings. The fourth-order valence-corrected chi connectivity index (χ4v) is 3.09. The summed E-state index contributed by atoms with van der Waals surface area (Å²) >= 11 is 5.87. The Labute approximate surface area is 152 Å². The van der Waals surface area contributed by atoms with Crippen LogP contribution in [0.2, 0.25) is 5.02 Å². The van der Waals surface area contributed by atoms with Gasteiger partial charge in [-0.15, -0.1) is 0 Å². The van der Waals surface area contributed by atoms with Crippen LogP contribution in [0, 0.1) is 0 Å². The number of nitrogens with zero attached hydrogens (tertiary/aromatic N) is 1. The first kappa shape index (κ1) is 17.2. The van der Waals surface area contributed by atoms with Gasteiger partial charge in [0.05, 0.1) is 0 Å². The second kappa shape index (κ2) is 7.11. The predicted molar refractivity (Wildman–Crippen MR) is 102 cm³/mol. The molecule has 1 N–H and O–H groups in total. The number of nitrogens with one attached hydrogen (secondary N) is 1. The number of fused-ring (bicyclic) bond motifs is 1. The monoisotopic (exact) mass is 354 g/mol. The Hall–Kier alpha value is -2.59. The van der Waals surface area contributed by atoms with Gasteiger partial charge in [0.15, 0.2) is 0 Å². The number of benzene rings is 2. The highest BCUT2D eigenvalue weighted by molar-refractivity contribution is 6.31. The topological polar surface area (TPSA) is 49.4 Å². The largest absolute Gasteiger partial charge is 0.322 e. The zero-order chi connectivity index (χ0) is 18.0. The molecule has 128 valence electrons. The first-order chi connectivity index (χ1) is 12.0. The van der Waals surface area contributed by atoms with E-state index in [9.17, 15) is 9.59 Å². The Bertz CT molecular complexity index is 843. The minimum Gasteiger partial charge on any atom is -0.322 e. The molecule has 1 aliphatic rings. The lowest BCUT2D eigenvalue weighted by atomic mass is 10.0. The predicted octanol–water partition coefficient (Wildman–Crippen LogP) is 4.29. The van der Waals surface area contributed by atoms with Crippen molar-refractivity contribution in [1.29, 1.82) is 0 Å². The summed E-state index contributed by atoms with van der Waals surface area (Å²) in [6.45, 7) is 6.13. The summed E-state index contributed by atoms with van der Waals surface area (Å²) in [5.74, 6) is -0.276. The van der Waals surface area contributed by atoms with Gasteiger partial charge >= 0.3 is 0 Å². The second-order valence-corrected chi connectivity index (χ2v) is 6.49. The summed E-state index contributed by atoms with van der Waals surface area (Å²) in [5.41, 5.74) is 3.71. The van der Waals surface area contributed by atoms with Crippen molar-refractivity contribution in [3.8, 4) is 0 Å². The normalized spacial score (nSPS) is 13.1. The molecule has 0 saturated heterocycles. The van der Waals surface area contributed by atoms with Crippen molar-refractivity contribution in [3.63, 3.8) is 0 Å². The van der Waals surface area contributed by atoms with Gasteiger partial charge in [-0.05, 0) is 48.2 Å². The van der Waals surface area contributed by atoms with Crippen LogP contribution < -0.4 is 10.2 Å². The summed E-state index contributed by atoms with van der Waals surface area (Å²) in [5, 5.41) is 3.46. The van der Waals surface area contributed by atoms with E-state index in [1.54, 1.807) is 36.1 Å². The SMILES string of the molecule is C=C(C(=O)Nc1ccc2c(c1)N(C(C)=O)CCC2)c1ccc(Cl)cc1. The molecule has 0 atom stereocenters. The minimum atomic E-state index is -0.285. The minimum absolute atomic E-state index is 0.00926. The molecule has 1 heterocycles. The van der Waals surface area contributed by atoms with E-state index in [1.807, 2.05) is 18.2 Å². The highest BCUT2D eigenvalue weighted by Crippen LogP contribution is 2.30. The van der Waals surface area contributed by atoms with Gasteiger partial charge in [0.25, 0.3) is 5.91 Å². The number of amides is 2. The molecule has 0 unspecified atom stereocenters. The van der Waals surface area contributed by atoms with Gasteiger partial charge in [0.2, 0.25) is 5.91 Å². The summed E-state index contributed by atoms with van der Waals surface area (Å²) < 4.78 is 0. The first-order valence-corrected chi connectivity index (χ1v) is 8.51. The third kappa shape index (κ3) is 3.74. The Morgan fingerprint density at radius 1 is 1.16 bits per heavy atom. The molecule has 25 heavy (non-hydrogen) atoms. The van der Waals surface area contributed by atoms with Crippen LogP contribution >= 0.6 is 11.6 Å². The molecular formula is C20H19ClN2O2. The lowest BCUT2D eigenvalue weighted by molar-refractivity contribution is -0.116. The molecule has 0 spiro atoms. The molecular weight excluding hydrogens is 336 g/mol. The average Bonchev–Trinajstić information content (AvgIpc) is 2.61. The second-order valence-electron chi connectivity index (χ2n) is 6.06. The maximum atomic E-state index is 12.5. The number of hydrogen-bond acceptors (Lipinski definition) is 2. The molecule has 0 radical (unpaired) electrons. The van der Waals surface area contributed by atoms with Crippen LogP contribution in [0.4, 0.5) is 11.4 Å². The Morgan fingerprint density at radius 2 is 1.88 bits per heavy atom. The van der Waals surface area contributed by atoms with Crippen molar-refractivity contribution in [1.82, 2.24) is 0 Å². The molecule has 1 aliphatic heterocycles. The lowest BCUT2D eigenvalue weighted by Gasteiger charge is -2.29. The van der Waals surface area contributed by atoms with Gasteiger partial charge in [-0.1, -0.05) is 36.4 Å². The third-order valence-corrected chi connectivity index (χ3v) is 4.56. The summed E-state index contributed by atoms with van der Waals surface area (Å²) in [4.78, 5) is 26.0. The van der Waals surface area contributed by atoms with E-state index in [1.165, 1.54) is 0 Å². The Kier molecular flexibility index (Phi) is 4.91. The Morgan fingerprint density at radius 3 is 2.56 bits per heavy atom. The van der Waals surface area contributed by atoms with E-state index in [0.29, 0.717) is 28.4 Å². The average molecular weight is 355 g/mol. The Balaban J connectivity index is 1.80. The standard InChI is InChI=1S/C20H19ClN2O2/c1-13(15-5-8-17(21)9-6-15)20(25)22-18-10-7-16-4-3-11-23(14(2)24)19(16)12-18/h5-10,12H,1,3-4,11H2,2H3,(H,22,25). The molecule has 0 bridgehead atoms. The number of carbonyl (C=O) groups excluding carboxylic acids is 2. The van der Waals surface area contributed by atoms with Crippen molar-refractivity contribution < 1.29 is 9.59 Å². The maximum absolute atomic E-state index is 12.5. The summed E-state index contributed by atoms with van der Waals surface area (Å²) in [7, 11) is 0. The molecule has 4 nitrogen and oxygen atoms in total. The number of aryl methyl sites for hydroxylation is 1. The number of rotatable bonds is 3. The van der Waals surface area contributed by atoms with E-state index in [-0.39, 0.29) is 11.8 Å². The summed E-state index contributed by atoms with van der Waals surface area (Å²) in [6.07, 6.45) is 1.89. The molecule has 0 aliphatic carbocycles. The highest BCUT2D eigenvalue weighted by atomic mass is 35.5. The molecule has 2 aromatic carbocycles. The highest BCUT2D eigenvalue weighted by Gasteiger charge is 2.20. The van der Waals surface area contributed by atoms with E-state index in [0.717, 1.165) is 24.1 Å². The van der Waals surface area contributed by atoms with Crippen LogP contribution in [0.5, 0.6) is 0 Å². The first-order valence-electron chi connectivity index (χ1n) is 8.13. The molecule has 0 saturated carbocycles. The van der Waals surface area contributed by atoms with Crippen molar-refractivity contribution in [2.24, 2.45) is 0 Å². The molecule has 2 aromatic rings. The number of carbonyl (C=O) groups is 2. The third-order valence-electron chi connectivity index (χ3n) is 4.31. The quantitative estimate of drug-likeness (QED) is 0.836. The van der Waals surface area contributed by atoms with Crippen LogP contribution in [0.3, 0.4) is 0 Å².